The Morgan fingerprint density at radius 2 is 0.880 bits per heavy atom. The highest BCUT2D eigenvalue weighted by Gasteiger charge is 2.38. The molecule has 0 heterocycles. The highest BCUT2D eigenvalue weighted by Crippen LogP contribution is 2.56. The highest BCUT2D eigenvalue weighted by molar-refractivity contribution is 7.53. The first kappa shape index (κ1) is 25.1. The van der Waals surface area contributed by atoms with Crippen LogP contribution < -0.4 is 0 Å². The van der Waals surface area contributed by atoms with Gasteiger partial charge in [-0.1, -0.05) is 75.2 Å². The third kappa shape index (κ3) is 8.14. The minimum Gasteiger partial charge on any atom is -0.308 e. The van der Waals surface area contributed by atoms with Gasteiger partial charge in [-0.2, -0.15) is 0 Å². The quantitative estimate of drug-likeness (QED) is 0.291. The van der Waals surface area contributed by atoms with E-state index in [0.717, 1.165) is 38.5 Å². The molecule has 0 bridgehead atoms. The molecule has 0 aromatic heterocycles. The first-order valence-electron chi connectivity index (χ1n) is 10.4. The van der Waals surface area contributed by atoms with Crippen LogP contribution in [0, 0.1) is 16.2 Å². The molecule has 0 saturated heterocycles. The van der Waals surface area contributed by atoms with Crippen molar-refractivity contribution in [1.82, 2.24) is 0 Å². The van der Waals surface area contributed by atoms with E-state index in [4.69, 9.17) is 9.05 Å². The van der Waals surface area contributed by atoms with Gasteiger partial charge in [0.2, 0.25) is 0 Å². The molecule has 0 spiro atoms. The van der Waals surface area contributed by atoms with Gasteiger partial charge >= 0.3 is 7.60 Å². The second-order valence-corrected chi connectivity index (χ2v) is 10.9. The maximum atomic E-state index is 13.7. The second kappa shape index (κ2) is 10.5. The van der Waals surface area contributed by atoms with E-state index in [0.29, 0.717) is 19.4 Å². The molecular formula is C21H45O3P. The minimum atomic E-state index is -3.12. The summed E-state index contributed by atoms with van der Waals surface area (Å²) in [6, 6.07) is 0. The molecule has 3 nitrogen and oxygen atoms in total. The van der Waals surface area contributed by atoms with Crippen molar-refractivity contribution < 1.29 is 13.6 Å². The van der Waals surface area contributed by atoms with E-state index in [9.17, 15) is 4.57 Å². The highest BCUT2D eigenvalue weighted by atomic mass is 31.2. The number of hydrogen-bond acceptors (Lipinski definition) is 3. The molecule has 4 heteroatoms. The Morgan fingerprint density at radius 3 is 1.12 bits per heavy atom. The minimum absolute atomic E-state index is 0.000804. The summed E-state index contributed by atoms with van der Waals surface area (Å²) in [6.07, 6.45) is 6.55. The Morgan fingerprint density at radius 1 is 0.600 bits per heavy atom. The summed E-state index contributed by atoms with van der Waals surface area (Å²) >= 11 is 0. The molecule has 0 aliphatic rings. The molecule has 0 fully saturated rings. The van der Waals surface area contributed by atoms with Crippen molar-refractivity contribution in [3.05, 3.63) is 0 Å². The summed E-state index contributed by atoms with van der Waals surface area (Å²) in [5.74, 6) is 0. The van der Waals surface area contributed by atoms with Gasteiger partial charge in [-0.05, 0) is 41.9 Å². The Balaban J connectivity index is 5.32. The molecular weight excluding hydrogens is 331 g/mol. The largest absolute Gasteiger partial charge is 0.331 e. The zero-order valence-electron chi connectivity index (χ0n) is 18.5. The van der Waals surface area contributed by atoms with Gasteiger partial charge in [-0.15, -0.1) is 0 Å². The predicted octanol–water partition coefficient (Wildman–Crippen LogP) is 7.69. The first-order valence-corrected chi connectivity index (χ1v) is 12.1. The van der Waals surface area contributed by atoms with E-state index in [1.165, 1.54) is 0 Å². The smallest absolute Gasteiger partial charge is 0.308 e. The zero-order valence-corrected chi connectivity index (χ0v) is 19.4. The van der Waals surface area contributed by atoms with Crippen molar-refractivity contribution in [1.29, 1.82) is 0 Å². The normalized spacial score (nSPS) is 14.1. The van der Waals surface area contributed by atoms with Crippen LogP contribution in [0.4, 0.5) is 0 Å². The maximum absolute atomic E-state index is 13.7. The zero-order chi connectivity index (χ0) is 19.8. The maximum Gasteiger partial charge on any atom is 0.331 e. The molecule has 0 rings (SSSR count). The van der Waals surface area contributed by atoms with E-state index in [1.54, 1.807) is 0 Å². The van der Waals surface area contributed by atoms with E-state index < -0.39 is 7.60 Å². The molecule has 0 aromatic rings. The van der Waals surface area contributed by atoms with Gasteiger partial charge in [0.1, 0.15) is 0 Å². The summed E-state index contributed by atoms with van der Waals surface area (Å²) in [5.41, 5.74) is 0.124. The summed E-state index contributed by atoms with van der Waals surface area (Å²) in [4.78, 5) is 0. The lowest BCUT2D eigenvalue weighted by molar-refractivity contribution is 0.0875. The van der Waals surface area contributed by atoms with Crippen LogP contribution in [-0.2, 0) is 13.6 Å². The lowest BCUT2D eigenvalue weighted by atomic mass is 9.86. The summed E-state index contributed by atoms with van der Waals surface area (Å²) in [5, 5.41) is 0. The number of hydrogen-bond donors (Lipinski definition) is 0. The van der Waals surface area contributed by atoms with Crippen LogP contribution in [-0.4, -0.2) is 19.4 Å². The van der Waals surface area contributed by atoms with Gasteiger partial charge in [0.25, 0.3) is 0 Å². The van der Waals surface area contributed by atoms with Crippen LogP contribution in [0.15, 0.2) is 0 Å². The molecule has 0 radical (unpaired) electrons. The molecule has 25 heavy (non-hydrogen) atoms. The van der Waals surface area contributed by atoms with Gasteiger partial charge < -0.3 is 9.05 Å². The number of rotatable bonds is 14. The van der Waals surface area contributed by atoms with Crippen LogP contribution in [0.25, 0.3) is 0 Å². The third-order valence-corrected chi connectivity index (χ3v) is 9.11. The van der Waals surface area contributed by atoms with Gasteiger partial charge in [-0.3, -0.25) is 4.57 Å². The molecule has 0 aliphatic carbocycles. The lowest BCUT2D eigenvalue weighted by Gasteiger charge is -2.35. The fourth-order valence-corrected chi connectivity index (χ4v) is 5.14. The van der Waals surface area contributed by atoms with Crippen LogP contribution in [0.1, 0.15) is 101 Å². The van der Waals surface area contributed by atoms with E-state index in [1.807, 2.05) is 0 Å². The lowest BCUT2D eigenvalue weighted by Crippen LogP contribution is -2.27. The fraction of sp³-hybridized carbons (Fsp3) is 1.00. The standard InChI is InChI=1S/C21H45O3P/c1-10-19(7,11-2)16-23-25(22,18-21(9,14-5)15-6)24-17-20(8,12-3)13-4/h10-18H2,1-9H3. The molecule has 0 aliphatic heterocycles. The Bertz CT molecular complexity index is 381. The Kier molecular flexibility index (Phi) is 10.5. The van der Waals surface area contributed by atoms with Gasteiger partial charge in [0.05, 0.1) is 19.4 Å². The van der Waals surface area contributed by atoms with Crippen molar-refractivity contribution >= 4 is 7.60 Å². The third-order valence-electron chi connectivity index (χ3n) is 6.92. The molecule has 152 valence electrons. The Labute approximate surface area is 158 Å². The summed E-state index contributed by atoms with van der Waals surface area (Å²) < 4.78 is 25.8. The van der Waals surface area contributed by atoms with Crippen LogP contribution in [0.2, 0.25) is 0 Å². The SMILES string of the molecule is CCC(C)(CC)COP(=O)(CC(C)(CC)CC)OCC(C)(CC)CC. The topological polar surface area (TPSA) is 35.5 Å². The second-order valence-electron chi connectivity index (χ2n) is 8.87. The summed E-state index contributed by atoms with van der Waals surface area (Å²) in [7, 11) is -3.12. The first-order chi connectivity index (χ1) is 11.5. The van der Waals surface area contributed by atoms with Crippen molar-refractivity contribution in [2.24, 2.45) is 16.2 Å². The van der Waals surface area contributed by atoms with Gasteiger partial charge in [-0.25, -0.2) is 0 Å². The predicted molar refractivity (Wildman–Crippen MR) is 110 cm³/mol. The van der Waals surface area contributed by atoms with Crippen molar-refractivity contribution in [3.63, 3.8) is 0 Å². The van der Waals surface area contributed by atoms with Gasteiger partial charge in [0, 0.05) is 0 Å². The van der Waals surface area contributed by atoms with E-state index in [2.05, 4.69) is 62.3 Å². The molecule has 0 saturated carbocycles. The van der Waals surface area contributed by atoms with E-state index >= 15 is 0 Å². The molecule has 0 aromatic carbocycles. The van der Waals surface area contributed by atoms with E-state index in [-0.39, 0.29) is 16.2 Å². The fourth-order valence-electron chi connectivity index (χ4n) is 2.49. The van der Waals surface area contributed by atoms with Gasteiger partial charge in [0.15, 0.2) is 0 Å². The molecule has 0 unspecified atom stereocenters. The van der Waals surface area contributed by atoms with Crippen molar-refractivity contribution in [2.45, 2.75) is 101 Å². The monoisotopic (exact) mass is 376 g/mol. The summed E-state index contributed by atoms with van der Waals surface area (Å²) in [6.45, 7) is 20.7. The van der Waals surface area contributed by atoms with Crippen LogP contribution in [0.5, 0.6) is 0 Å². The average molecular weight is 377 g/mol. The average Bonchev–Trinajstić information content (AvgIpc) is 2.64. The molecule has 0 N–H and O–H groups in total. The molecule has 0 amide bonds. The van der Waals surface area contributed by atoms with Crippen LogP contribution in [0.3, 0.4) is 0 Å². The molecule has 0 atom stereocenters. The van der Waals surface area contributed by atoms with Crippen LogP contribution >= 0.6 is 7.60 Å². The van der Waals surface area contributed by atoms with Crippen molar-refractivity contribution in [2.75, 3.05) is 19.4 Å². The Hall–Kier alpha value is 0.150. The van der Waals surface area contributed by atoms with Crippen molar-refractivity contribution in [3.8, 4) is 0 Å².